The van der Waals surface area contributed by atoms with Gasteiger partial charge in [-0.25, -0.2) is 0 Å². The molecule has 13 heavy (non-hydrogen) atoms. The molecule has 0 heterocycles. The normalized spacial score (nSPS) is 5.54. The minimum absolute atomic E-state index is 0. The maximum absolute atomic E-state index is 2.00. The number of rotatable bonds is 0. The van der Waals surface area contributed by atoms with E-state index in [1.54, 1.807) is 0 Å². The summed E-state index contributed by atoms with van der Waals surface area (Å²) in [7, 11) is 0. The van der Waals surface area contributed by atoms with E-state index in [9.17, 15) is 0 Å². The van der Waals surface area contributed by atoms with E-state index in [0.29, 0.717) is 0 Å². The molecule has 0 aromatic rings. The van der Waals surface area contributed by atoms with E-state index < -0.39 is 0 Å². The van der Waals surface area contributed by atoms with Crippen LogP contribution < -0.4 is 0 Å². The monoisotopic (exact) mass is 224 g/mol. The zero-order valence-corrected chi connectivity index (χ0v) is 12.0. The predicted molar refractivity (Wildman–Crippen MR) is 62.6 cm³/mol. The standard InChI is InChI=1S/4C3H7.Cr/c4*1-3-2;/h4*3H,1-2H3;/q4*-1;+4. The van der Waals surface area contributed by atoms with Gasteiger partial charge in [-0.1, -0.05) is 0 Å². The van der Waals surface area contributed by atoms with Crippen LogP contribution in [0.4, 0.5) is 0 Å². The molecule has 0 aromatic heterocycles. The molecule has 0 N–H and O–H groups in total. The third-order valence-electron chi connectivity index (χ3n) is 0. The van der Waals surface area contributed by atoms with Gasteiger partial charge >= 0.3 is 17.4 Å². The summed E-state index contributed by atoms with van der Waals surface area (Å²) in [5.41, 5.74) is 0. The molecule has 82 valence electrons. The molecule has 0 aliphatic heterocycles. The summed E-state index contributed by atoms with van der Waals surface area (Å²) in [6, 6.07) is 0. The van der Waals surface area contributed by atoms with Crippen molar-refractivity contribution in [1.29, 1.82) is 0 Å². The van der Waals surface area contributed by atoms with Crippen LogP contribution in [-0.2, 0) is 17.4 Å². The van der Waals surface area contributed by atoms with E-state index >= 15 is 0 Å². The van der Waals surface area contributed by atoms with Gasteiger partial charge in [0, 0.05) is 0 Å². The molecule has 0 aliphatic rings. The summed E-state index contributed by atoms with van der Waals surface area (Å²) in [6.07, 6.45) is 8.00. The predicted octanol–water partition coefficient (Wildman–Crippen LogP) is 4.92. The molecule has 0 aliphatic carbocycles. The molecular formula is C12H28Cr. The molecule has 0 saturated heterocycles. The molecule has 0 fully saturated rings. The summed E-state index contributed by atoms with van der Waals surface area (Å²) in [5, 5.41) is 0. The summed E-state index contributed by atoms with van der Waals surface area (Å²) >= 11 is 0. The molecule has 0 saturated carbocycles. The quantitative estimate of drug-likeness (QED) is 0.512. The van der Waals surface area contributed by atoms with Gasteiger partial charge in [-0.3, -0.25) is 0 Å². The van der Waals surface area contributed by atoms with Gasteiger partial charge < -0.3 is 25.7 Å². The fraction of sp³-hybridized carbons (Fsp3) is 0.667. The fourth-order valence-electron chi connectivity index (χ4n) is 0. The van der Waals surface area contributed by atoms with Crippen molar-refractivity contribution in [3.05, 3.63) is 25.7 Å². The van der Waals surface area contributed by atoms with E-state index in [4.69, 9.17) is 0 Å². The van der Waals surface area contributed by atoms with Gasteiger partial charge in [0.2, 0.25) is 0 Å². The van der Waals surface area contributed by atoms with Crippen LogP contribution in [-0.4, -0.2) is 0 Å². The summed E-state index contributed by atoms with van der Waals surface area (Å²) in [6.45, 7) is 16.0. The average Bonchev–Trinajstić information content (AvgIpc) is 1.92. The first-order chi connectivity index (χ1) is 5.66. The first-order valence-electron chi connectivity index (χ1n) is 4.62. The second-order valence-corrected chi connectivity index (χ2v) is 2.31. The van der Waals surface area contributed by atoms with Crippen LogP contribution in [0, 0.1) is 25.7 Å². The maximum Gasteiger partial charge on any atom is 4.00 e. The molecule has 0 atom stereocenters. The van der Waals surface area contributed by atoms with Crippen LogP contribution in [0.25, 0.3) is 0 Å². The van der Waals surface area contributed by atoms with Gasteiger partial charge in [-0.05, 0) is 0 Å². The molecule has 0 bridgehead atoms. The zero-order valence-electron chi connectivity index (χ0n) is 10.7. The molecular weight excluding hydrogens is 196 g/mol. The molecule has 0 nitrogen and oxygen atoms in total. The SMILES string of the molecule is C[CH-]C.C[CH-]C.C[CH-]C.C[CH-]C.[Cr+4]. The van der Waals surface area contributed by atoms with Crippen LogP contribution in [0.2, 0.25) is 0 Å². The average molecular weight is 224 g/mol. The maximum atomic E-state index is 2.00. The van der Waals surface area contributed by atoms with Crippen molar-refractivity contribution >= 4 is 0 Å². The van der Waals surface area contributed by atoms with Crippen LogP contribution >= 0.6 is 0 Å². The number of hydrogen-bond acceptors (Lipinski definition) is 0. The van der Waals surface area contributed by atoms with Crippen molar-refractivity contribution in [2.24, 2.45) is 0 Å². The molecule has 1 heteroatoms. The van der Waals surface area contributed by atoms with Crippen LogP contribution in [0.15, 0.2) is 0 Å². The Labute approximate surface area is 98.6 Å². The Kier molecular flexibility index (Phi) is 182. The van der Waals surface area contributed by atoms with Crippen LogP contribution in [0.1, 0.15) is 55.4 Å². The number of hydrogen-bond donors (Lipinski definition) is 0. The van der Waals surface area contributed by atoms with Gasteiger partial charge in [0.25, 0.3) is 0 Å². The van der Waals surface area contributed by atoms with E-state index in [1.165, 1.54) is 0 Å². The summed E-state index contributed by atoms with van der Waals surface area (Å²) in [4.78, 5) is 0. The molecule has 0 radical (unpaired) electrons. The largest absolute Gasteiger partial charge is 4.00 e. The van der Waals surface area contributed by atoms with Crippen LogP contribution in [0.5, 0.6) is 0 Å². The first-order valence-corrected chi connectivity index (χ1v) is 4.62. The Hall–Kier alpha value is 0.532. The van der Waals surface area contributed by atoms with Crippen molar-refractivity contribution in [3.8, 4) is 0 Å². The fourth-order valence-corrected chi connectivity index (χ4v) is 0. The molecule has 0 aromatic carbocycles. The third-order valence-corrected chi connectivity index (χ3v) is 0. The second-order valence-electron chi connectivity index (χ2n) is 2.31. The topological polar surface area (TPSA) is 0 Å². The van der Waals surface area contributed by atoms with E-state index in [-0.39, 0.29) is 17.4 Å². The molecule has 0 rings (SSSR count). The third kappa shape index (κ3) is 4900. The zero-order chi connectivity index (χ0) is 10.8. The minimum atomic E-state index is 0. The van der Waals surface area contributed by atoms with Crippen molar-refractivity contribution in [2.45, 2.75) is 55.4 Å². The molecule has 0 amide bonds. The summed E-state index contributed by atoms with van der Waals surface area (Å²) in [5.74, 6) is 0. The Morgan fingerprint density at radius 1 is 0.385 bits per heavy atom. The van der Waals surface area contributed by atoms with Crippen LogP contribution in [0.3, 0.4) is 0 Å². The first kappa shape index (κ1) is 29.2. The van der Waals surface area contributed by atoms with Gasteiger partial charge in [-0.15, -0.1) is 0 Å². The van der Waals surface area contributed by atoms with Gasteiger partial charge in [0.05, 0.1) is 0 Å². The van der Waals surface area contributed by atoms with E-state index in [2.05, 4.69) is 0 Å². The van der Waals surface area contributed by atoms with Gasteiger partial charge in [0.15, 0.2) is 0 Å². The van der Waals surface area contributed by atoms with Gasteiger partial charge in [0.1, 0.15) is 0 Å². The summed E-state index contributed by atoms with van der Waals surface area (Å²) < 4.78 is 0. The Morgan fingerprint density at radius 2 is 0.385 bits per heavy atom. The van der Waals surface area contributed by atoms with Crippen molar-refractivity contribution in [1.82, 2.24) is 0 Å². The Morgan fingerprint density at radius 3 is 0.385 bits per heavy atom. The molecule has 0 unspecified atom stereocenters. The smallest absolute Gasteiger partial charge is 0.335 e. The Bertz CT molecular complexity index is 13.1. The van der Waals surface area contributed by atoms with E-state index in [1.807, 2.05) is 81.1 Å². The van der Waals surface area contributed by atoms with Crippen molar-refractivity contribution < 1.29 is 17.4 Å². The Balaban J connectivity index is -0.0000000213. The molecule has 0 spiro atoms. The van der Waals surface area contributed by atoms with Crippen molar-refractivity contribution in [3.63, 3.8) is 0 Å². The van der Waals surface area contributed by atoms with Gasteiger partial charge in [-0.2, -0.15) is 55.4 Å². The van der Waals surface area contributed by atoms with E-state index in [0.717, 1.165) is 0 Å². The minimum Gasteiger partial charge on any atom is -0.335 e. The second kappa shape index (κ2) is 81.1. The van der Waals surface area contributed by atoms with Crippen molar-refractivity contribution in [2.75, 3.05) is 0 Å².